The Morgan fingerprint density at radius 2 is 1.23 bits per heavy atom. The van der Waals surface area contributed by atoms with Gasteiger partial charge >= 0.3 is 0 Å². The van der Waals surface area contributed by atoms with Crippen LogP contribution in [0, 0.1) is 0 Å². The third-order valence-electron chi connectivity index (χ3n) is 9.37. The zero-order valence-corrected chi connectivity index (χ0v) is 24.7. The highest BCUT2D eigenvalue weighted by Crippen LogP contribution is 2.53. The highest BCUT2D eigenvalue weighted by atomic mass is 16.3. The van der Waals surface area contributed by atoms with Gasteiger partial charge in [-0.25, -0.2) is 0 Å². The van der Waals surface area contributed by atoms with Crippen LogP contribution in [0.1, 0.15) is 25.0 Å². The van der Waals surface area contributed by atoms with E-state index in [9.17, 15) is 0 Å². The second-order valence-electron chi connectivity index (χ2n) is 12.2. The summed E-state index contributed by atoms with van der Waals surface area (Å²) >= 11 is 0. The first kappa shape index (κ1) is 25.0. The molecule has 9 rings (SSSR count). The number of benzene rings is 6. The third-order valence-corrected chi connectivity index (χ3v) is 9.37. The van der Waals surface area contributed by atoms with E-state index in [0.29, 0.717) is 0 Å². The van der Waals surface area contributed by atoms with Crippen molar-refractivity contribution in [1.29, 1.82) is 0 Å². The molecule has 210 valence electrons. The summed E-state index contributed by atoms with van der Waals surface area (Å²) in [6.07, 6.45) is 0. The summed E-state index contributed by atoms with van der Waals surface area (Å²) in [6, 6.07) is 52.2. The van der Waals surface area contributed by atoms with Crippen LogP contribution < -0.4 is 4.90 Å². The number of nitrogens with zero attached hydrogens (tertiary/aromatic N) is 2. The van der Waals surface area contributed by atoms with Crippen molar-refractivity contribution in [3.05, 3.63) is 157 Å². The predicted octanol–water partition coefficient (Wildman–Crippen LogP) is 11.3. The Balaban J connectivity index is 1.32. The van der Waals surface area contributed by atoms with Crippen molar-refractivity contribution in [1.82, 2.24) is 4.57 Å². The van der Waals surface area contributed by atoms with E-state index in [4.69, 9.17) is 4.42 Å². The van der Waals surface area contributed by atoms with Gasteiger partial charge in [0.2, 0.25) is 0 Å². The van der Waals surface area contributed by atoms with Gasteiger partial charge < -0.3 is 13.9 Å². The number of hydrogen-bond acceptors (Lipinski definition) is 2. The van der Waals surface area contributed by atoms with Crippen LogP contribution in [0.15, 0.2) is 150 Å². The summed E-state index contributed by atoms with van der Waals surface area (Å²) in [5.41, 5.74) is 13.6. The molecule has 6 aromatic carbocycles. The Hall–Kier alpha value is -5.54. The standard InChI is InChI=1S/C41H30N2O/c1-41(2)33-18-10-11-19-36(33)42(37-23-21-28(25-34(37)41)27-13-5-3-6-14-27)30-22-24-35-32(26-30)40-39(31-17-9-12-20-38(31)44-40)43(35)29-15-7-4-8-16-29/h3-26H,1-2H3. The van der Waals surface area contributed by atoms with Crippen molar-refractivity contribution in [2.24, 2.45) is 0 Å². The molecule has 0 amide bonds. The number of fused-ring (bicyclic) bond motifs is 7. The Bertz CT molecular complexity index is 2360. The van der Waals surface area contributed by atoms with Crippen LogP contribution in [-0.2, 0) is 5.41 Å². The second kappa shape index (κ2) is 9.23. The first-order chi connectivity index (χ1) is 21.6. The number of aromatic nitrogens is 1. The smallest absolute Gasteiger partial charge is 0.161 e. The molecule has 1 aliphatic rings. The lowest BCUT2D eigenvalue weighted by molar-refractivity contribution is 0.632. The van der Waals surface area contributed by atoms with Gasteiger partial charge in [0.25, 0.3) is 0 Å². The van der Waals surface area contributed by atoms with Crippen molar-refractivity contribution < 1.29 is 4.42 Å². The molecule has 3 nitrogen and oxygen atoms in total. The van der Waals surface area contributed by atoms with E-state index < -0.39 is 0 Å². The van der Waals surface area contributed by atoms with Crippen LogP contribution in [0.25, 0.3) is 49.8 Å². The molecule has 0 fully saturated rings. The van der Waals surface area contributed by atoms with E-state index in [0.717, 1.165) is 44.3 Å². The summed E-state index contributed by atoms with van der Waals surface area (Å²) in [5, 5.41) is 2.22. The third kappa shape index (κ3) is 3.50. The Labute approximate surface area is 256 Å². The molecule has 0 unspecified atom stereocenters. The van der Waals surface area contributed by atoms with Gasteiger partial charge in [-0.1, -0.05) is 98.8 Å². The van der Waals surface area contributed by atoms with Crippen LogP contribution in [0.2, 0.25) is 0 Å². The first-order valence-corrected chi connectivity index (χ1v) is 15.2. The first-order valence-electron chi connectivity index (χ1n) is 15.2. The van der Waals surface area contributed by atoms with Crippen LogP contribution in [0.5, 0.6) is 0 Å². The van der Waals surface area contributed by atoms with Gasteiger partial charge in [0.1, 0.15) is 11.1 Å². The van der Waals surface area contributed by atoms with Gasteiger partial charge in [0.15, 0.2) is 5.58 Å². The zero-order valence-electron chi connectivity index (χ0n) is 24.7. The maximum atomic E-state index is 6.61. The lowest BCUT2D eigenvalue weighted by atomic mass is 9.73. The van der Waals surface area contributed by atoms with Crippen molar-refractivity contribution in [3.8, 4) is 16.8 Å². The number of hydrogen-bond donors (Lipinski definition) is 0. The minimum absolute atomic E-state index is 0.167. The maximum absolute atomic E-state index is 6.61. The summed E-state index contributed by atoms with van der Waals surface area (Å²) in [5.74, 6) is 0. The SMILES string of the molecule is CC1(C)c2ccccc2N(c2ccc3c(c2)c2oc4ccccc4c2n3-c2ccccc2)c2ccc(-c3ccccc3)cc21. The molecule has 0 N–H and O–H groups in total. The van der Waals surface area contributed by atoms with E-state index in [1.165, 1.54) is 33.6 Å². The summed E-state index contributed by atoms with van der Waals surface area (Å²) in [6.45, 7) is 4.69. The van der Waals surface area contributed by atoms with Crippen molar-refractivity contribution in [2.45, 2.75) is 19.3 Å². The van der Waals surface area contributed by atoms with Crippen molar-refractivity contribution >= 4 is 50.0 Å². The minimum Gasteiger partial charge on any atom is -0.454 e. The van der Waals surface area contributed by atoms with Gasteiger partial charge in [-0.2, -0.15) is 0 Å². The Morgan fingerprint density at radius 3 is 2.07 bits per heavy atom. The normalized spacial score (nSPS) is 13.8. The predicted molar refractivity (Wildman–Crippen MR) is 183 cm³/mol. The van der Waals surface area contributed by atoms with Gasteiger partial charge in [-0.15, -0.1) is 0 Å². The molecule has 0 aliphatic carbocycles. The van der Waals surface area contributed by atoms with Crippen LogP contribution in [-0.4, -0.2) is 4.57 Å². The van der Waals surface area contributed by atoms with Gasteiger partial charge in [-0.3, -0.25) is 0 Å². The average molecular weight is 567 g/mol. The van der Waals surface area contributed by atoms with Gasteiger partial charge in [-0.05, 0) is 82.9 Å². The summed E-state index contributed by atoms with van der Waals surface area (Å²) < 4.78 is 8.95. The van der Waals surface area contributed by atoms with E-state index in [1.54, 1.807) is 0 Å². The quantitative estimate of drug-likeness (QED) is 0.212. The van der Waals surface area contributed by atoms with E-state index in [1.807, 2.05) is 6.07 Å². The topological polar surface area (TPSA) is 21.3 Å². The number of para-hydroxylation sites is 3. The number of furan rings is 1. The molecule has 44 heavy (non-hydrogen) atoms. The molecule has 2 aromatic heterocycles. The number of anilines is 3. The summed E-state index contributed by atoms with van der Waals surface area (Å²) in [4.78, 5) is 2.43. The average Bonchev–Trinajstić information content (AvgIpc) is 3.60. The number of rotatable bonds is 3. The highest BCUT2D eigenvalue weighted by Gasteiger charge is 2.37. The van der Waals surface area contributed by atoms with Gasteiger partial charge in [0.05, 0.1) is 16.9 Å². The van der Waals surface area contributed by atoms with Crippen molar-refractivity contribution in [2.75, 3.05) is 4.90 Å². The molecule has 0 atom stereocenters. The minimum atomic E-state index is -0.167. The lowest BCUT2D eigenvalue weighted by Gasteiger charge is -2.42. The molecule has 3 heteroatoms. The molecular weight excluding hydrogens is 536 g/mol. The molecule has 0 saturated carbocycles. The van der Waals surface area contributed by atoms with E-state index in [-0.39, 0.29) is 5.41 Å². The zero-order chi connectivity index (χ0) is 29.4. The molecular formula is C41H30N2O. The molecule has 1 aliphatic heterocycles. The van der Waals surface area contributed by atoms with E-state index in [2.05, 4.69) is 163 Å². The molecule has 3 heterocycles. The fourth-order valence-electron chi connectivity index (χ4n) is 7.23. The fraction of sp³-hybridized carbons (Fsp3) is 0.0732. The Morgan fingerprint density at radius 1 is 0.523 bits per heavy atom. The molecule has 8 aromatic rings. The molecule has 0 bridgehead atoms. The molecule has 0 spiro atoms. The highest BCUT2D eigenvalue weighted by molar-refractivity contribution is 6.17. The second-order valence-corrected chi connectivity index (χ2v) is 12.2. The van der Waals surface area contributed by atoms with Crippen LogP contribution >= 0.6 is 0 Å². The lowest BCUT2D eigenvalue weighted by Crippen LogP contribution is -2.30. The molecule has 0 radical (unpaired) electrons. The fourth-order valence-corrected chi connectivity index (χ4v) is 7.23. The maximum Gasteiger partial charge on any atom is 0.161 e. The van der Waals surface area contributed by atoms with Crippen LogP contribution in [0.3, 0.4) is 0 Å². The van der Waals surface area contributed by atoms with Gasteiger partial charge in [0, 0.05) is 27.6 Å². The van der Waals surface area contributed by atoms with Crippen molar-refractivity contribution in [3.63, 3.8) is 0 Å². The Kier molecular flexibility index (Phi) is 5.24. The van der Waals surface area contributed by atoms with Crippen LogP contribution in [0.4, 0.5) is 17.1 Å². The largest absolute Gasteiger partial charge is 0.454 e. The van der Waals surface area contributed by atoms with E-state index >= 15 is 0 Å². The molecule has 0 saturated heterocycles. The summed E-state index contributed by atoms with van der Waals surface area (Å²) in [7, 11) is 0. The monoisotopic (exact) mass is 566 g/mol.